The fourth-order valence-electron chi connectivity index (χ4n) is 3.71. The van der Waals surface area contributed by atoms with E-state index in [1.807, 2.05) is 0 Å². The van der Waals surface area contributed by atoms with E-state index in [2.05, 4.69) is 10.6 Å². The maximum atomic E-state index is 13.0. The summed E-state index contributed by atoms with van der Waals surface area (Å²) in [7, 11) is 0. The third-order valence-corrected chi connectivity index (χ3v) is 5.68. The molecule has 5 amide bonds. The Hall–Kier alpha value is -4.09. The standard InChI is InChI=1S/C23H30N4O8.C2HF3O2/c24-8-2-10-33-12-13-34-11-3-9-25-19(29)14-35-17-5-1-4-15-20(17)23(32)27(22(15)31)16-6-7-18(28)26-21(16)30;3-2(4,5)1(6)7/h1,4-5,16H,2-3,6-14,24H2,(H,25,29)(H,26,28,30);(H,6,7). The van der Waals surface area contributed by atoms with Crippen molar-refractivity contribution in [3.8, 4) is 5.75 Å². The molecule has 0 aliphatic carbocycles. The number of amides is 5. The summed E-state index contributed by atoms with van der Waals surface area (Å²) >= 11 is 0. The number of hydrogen-bond donors (Lipinski definition) is 4. The fourth-order valence-corrected chi connectivity index (χ4v) is 3.71. The predicted molar refractivity (Wildman–Crippen MR) is 135 cm³/mol. The van der Waals surface area contributed by atoms with Gasteiger partial charge in [0.15, 0.2) is 6.61 Å². The Bertz CT molecular complexity index is 1160. The number of carboxylic acid groups (broad SMARTS) is 1. The van der Waals surface area contributed by atoms with E-state index < -0.39 is 47.7 Å². The van der Waals surface area contributed by atoms with E-state index >= 15 is 0 Å². The molecule has 14 nitrogen and oxygen atoms in total. The summed E-state index contributed by atoms with van der Waals surface area (Å²) < 4.78 is 48.0. The number of hydrogen-bond acceptors (Lipinski definition) is 10. The van der Waals surface area contributed by atoms with E-state index in [0.29, 0.717) is 45.9 Å². The first kappa shape index (κ1) is 34.1. The molecule has 0 saturated carbocycles. The van der Waals surface area contributed by atoms with E-state index in [-0.39, 0.29) is 36.3 Å². The van der Waals surface area contributed by atoms with Crippen LogP contribution < -0.4 is 21.1 Å². The number of benzene rings is 1. The summed E-state index contributed by atoms with van der Waals surface area (Å²) in [6.07, 6.45) is -3.59. The van der Waals surface area contributed by atoms with Gasteiger partial charge >= 0.3 is 12.1 Å². The molecule has 1 saturated heterocycles. The lowest BCUT2D eigenvalue weighted by Crippen LogP contribution is -2.54. The molecule has 0 spiro atoms. The molecule has 2 heterocycles. The number of imide groups is 2. The third-order valence-electron chi connectivity index (χ3n) is 5.68. The fraction of sp³-hybridized carbons (Fsp3) is 0.520. The highest BCUT2D eigenvalue weighted by Crippen LogP contribution is 2.33. The molecule has 1 aromatic rings. The Labute approximate surface area is 237 Å². The van der Waals surface area contributed by atoms with Gasteiger partial charge < -0.3 is 30.4 Å². The van der Waals surface area contributed by atoms with Crippen LogP contribution in [0.2, 0.25) is 0 Å². The zero-order valence-corrected chi connectivity index (χ0v) is 22.4. The second-order valence-electron chi connectivity index (χ2n) is 8.79. The summed E-state index contributed by atoms with van der Waals surface area (Å²) in [5, 5.41) is 12.0. The molecule has 0 radical (unpaired) electrons. The average Bonchev–Trinajstić information content (AvgIpc) is 3.18. The Balaban J connectivity index is 0.000000782. The van der Waals surface area contributed by atoms with Crippen LogP contribution in [-0.2, 0) is 28.7 Å². The minimum absolute atomic E-state index is 0.00270. The van der Waals surface area contributed by atoms with Gasteiger partial charge in [-0.15, -0.1) is 0 Å². The van der Waals surface area contributed by atoms with Crippen LogP contribution in [0.3, 0.4) is 0 Å². The zero-order valence-electron chi connectivity index (χ0n) is 22.4. The third kappa shape index (κ3) is 10.1. The summed E-state index contributed by atoms with van der Waals surface area (Å²) in [5.41, 5.74) is 5.46. The van der Waals surface area contributed by atoms with E-state index in [0.717, 1.165) is 11.3 Å². The molecule has 17 heteroatoms. The number of rotatable bonds is 14. The summed E-state index contributed by atoms with van der Waals surface area (Å²) in [4.78, 5) is 71.3. The topological polar surface area (TPSA) is 204 Å². The van der Waals surface area contributed by atoms with Gasteiger partial charge in [0.1, 0.15) is 11.8 Å². The molecule has 0 aromatic heterocycles. The molecule has 42 heavy (non-hydrogen) atoms. The van der Waals surface area contributed by atoms with Gasteiger partial charge in [-0.2, -0.15) is 13.2 Å². The van der Waals surface area contributed by atoms with Crippen LogP contribution in [0.15, 0.2) is 18.2 Å². The van der Waals surface area contributed by atoms with Crippen molar-refractivity contribution in [2.24, 2.45) is 5.73 Å². The molecular weight excluding hydrogens is 573 g/mol. The van der Waals surface area contributed by atoms with Crippen LogP contribution in [0.1, 0.15) is 46.4 Å². The van der Waals surface area contributed by atoms with E-state index in [9.17, 15) is 37.1 Å². The van der Waals surface area contributed by atoms with Crippen molar-refractivity contribution < 1.29 is 61.3 Å². The van der Waals surface area contributed by atoms with Gasteiger partial charge in [0.2, 0.25) is 11.8 Å². The average molecular weight is 605 g/mol. The van der Waals surface area contributed by atoms with Crippen LogP contribution in [0.4, 0.5) is 13.2 Å². The Kier molecular flexibility index (Phi) is 13.3. The van der Waals surface area contributed by atoms with Crippen molar-refractivity contribution in [1.29, 1.82) is 0 Å². The predicted octanol–water partition coefficient (Wildman–Crippen LogP) is -0.0118. The summed E-state index contributed by atoms with van der Waals surface area (Å²) in [6, 6.07) is 3.39. The molecule has 1 fully saturated rings. The number of ether oxygens (including phenoxy) is 3. The molecular formula is C25H31F3N4O10. The highest BCUT2D eigenvalue weighted by atomic mass is 19.4. The summed E-state index contributed by atoms with van der Waals surface area (Å²) in [6.45, 7) is 2.63. The normalized spacial score (nSPS) is 16.4. The van der Waals surface area contributed by atoms with Gasteiger partial charge in [-0.3, -0.25) is 34.2 Å². The quantitative estimate of drug-likeness (QED) is 0.164. The number of alkyl halides is 3. The lowest BCUT2D eigenvalue weighted by Gasteiger charge is -2.27. The number of piperidine rings is 1. The number of nitrogens with zero attached hydrogens (tertiary/aromatic N) is 1. The number of halogens is 3. The van der Waals surface area contributed by atoms with Gasteiger partial charge in [0.05, 0.1) is 24.3 Å². The molecule has 1 atom stereocenters. The second-order valence-corrected chi connectivity index (χ2v) is 8.79. The molecule has 0 bridgehead atoms. The molecule has 2 aliphatic heterocycles. The summed E-state index contributed by atoms with van der Waals surface area (Å²) in [5.74, 6) is -5.56. The number of carbonyl (C=O) groups is 6. The van der Waals surface area contributed by atoms with E-state index in [1.165, 1.54) is 18.2 Å². The number of fused-ring (bicyclic) bond motifs is 1. The molecule has 232 valence electrons. The van der Waals surface area contributed by atoms with Crippen molar-refractivity contribution in [3.05, 3.63) is 29.3 Å². The van der Waals surface area contributed by atoms with Crippen LogP contribution in [0, 0.1) is 0 Å². The molecule has 5 N–H and O–H groups in total. The van der Waals surface area contributed by atoms with Crippen molar-refractivity contribution in [2.45, 2.75) is 37.9 Å². The molecule has 1 unspecified atom stereocenters. The highest BCUT2D eigenvalue weighted by molar-refractivity contribution is 6.24. The van der Waals surface area contributed by atoms with Crippen LogP contribution in [0.25, 0.3) is 0 Å². The number of nitrogens with two attached hydrogens (primary N) is 1. The monoisotopic (exact) mass is 604 g/mol. The maximum absolute atomic E-state index is 13.0. The van der Waals surface area contributed by atoms with Crippen molar-refractivity contribution in [2.75, 3.05) is 46.1 Å². The smallest absolute Gasteiger partial charge is 0.483 e. The van der Waals surface area contributed by atoms with Crippen molar-refractivity contribution >= 4 is 35.5 Å². The number of carboxylic acids is 1. The SMILES string of the molecule is NCCCOCCOCCCNC(=O)COc1cccc2c1C(=O)N(C1CCC(=O)NC1=O)C2=O.O=C(O)C(F)(F)F. The minimum atomic E-state index is -5.08. The van der Waals surface area contributed by atoms with Crippen LogP contribution in [0.5, 0.6) is 5.75 Å². The van der Waals surface area contributed by atoms with E-state index in [1.54, 1.807) is 0 Å². The largest absolute Gasteiger partial charge is 0.490 e. The lowest BCUT2D eigenvalue weighted by atomic mass is 10.0. The number of carbonyl (C=O) groups excluding carboxylic acids is 5. The first-order valence-electron chi connectivity index (χ1n) is 12.8. The minimum Gasteiger partial charge on any atom is -0.483 e. The van der Waals surface area contributed by atoms with Crippen LogP contribution in [-0.4, -0.2) is 104 Å². The van der Waals surface area contributed by atoms with Crippen LogP contribution >= 0.6 is 0 Å². The Morgan fingerprint density at radius 1 is 1.05 bits per heavy atom. The molecule has 1 aromatic carbocycles. The van der Waals surface area contributed by atoms with Gasteiger partial charge in [-0.05, 0) is 37.9 Å². The first-order valence-corrected chi connectivity index (χ1v) is 12.8. The number of nitrogens with one attached hydrogen (secondary N) is 2. The first-order chi connectivity index (χ1) is 19.9. The van der Waals surface area contributed by atoms with Gasteiger partial charge in [0, 0.05) is 26.2 Å². The lowest BCUT2D eigenvalue weighted by molar-refractivity contribution is -0.192. The Morgan fingerprint density at radius 2 is 1.69 bits per heavy atom. The molecule has 2 aliphatic rings. The number of aliphatic carboxylic acids is 1. The van der Waals surface area contributed by atoms with E-state index in [4.69, 9.17) is 29.8 Å². The van der Waals surface area contributed by atoms with Crippen molar-refractivity contribution in [3.63, 3.8) is 0 Å². The maximum Gasteiger partial charge on any atom is 0.490 e. The van der Waals surface area contributed by atoms with Crippen molar-refractivity contribution in [1.82, 2.24) is 15.5 Å². The zero-order chi connectivity index (χ0) is 31.3. The van der Waals surface area contributed by atoms with Gasteiger partial charge in [-0.25, -0.2) is 4.79 Å². The Morgan fingerprint density at radius 3 is 2.29 bits per heavy atom. The second kappa shape index (κ2) is 16.4. The molecule has 3 rings (SSSR count). The van der Waals surface area contributed by atoms with Gasteiger partial charge in [-0.1, -0.05) is 6.07 Å². The highest BCUT2D eigenvalue weighted by Gasteiger charge is 2.46. The van der Waals surface area contributed by atoms with Gasteiger partial charge in [0.25, 0.3) is 17.7 Å².